The molecule has 0 saturated carbocycles. The van der Waals surface area contributed by atoms with Gasteiger partial charge < -0.3 is 16.0 Å². The number of para-hydroxylation sites is 1. The van der Waals surface area contributed by atoms with E-state index in [2.05, 4.69) is 16.0 Å². The molecule has 29 heavy (non-hydrogen) atoms. The summed E-state index contributed by atoms with van der Waals surface area (Å²) >= 11 is 0. The molecule has 154 valence electrons. The highest BCUT2D eigenvalue weighted by atomic mass is 16.2. The van der Waals surface area contributed by atoms with Gasteiger partial charge in [-0.05, 0) is 30.3 Å². The van der Waals surface area contributed by atoms with Crippen LogP contribution in [0.1, 0.15) is 51.9 Å². The first-order valence-electron chi connectivity index (χ1n) is 9.51. The lowest BCUT2D eigenvalue weighted by molar-refractivity contribution is -0.123. The number of nitrogens with one attached hydrogen (secondary N) is 3. The van der Waals surface area contributed by atoms with Crippen molar-refractivity contribution in [1.29, 1.82) is 0 Å². The number of hydrogen-bond donors (Lipinski definition) is 3. The van der Waals surface area contributed by atoms with Crippen LogP contribution in [0.25, 0.3) is 0 Å². The van der Waals surface area contributed by atoms with Gasteiger partial charge in [-0.1, -0.05) is 59.7 Å². The minimum Gasteiger partial charge on any atom is -0.326 e. The Labute approximate surface area is 172 Å². The van der Waals surface area contributed by atoms with Crippen molar-refractivity contribution in [3.8, 4) is 0 Å². The highest BCUT2D eigenvalue weighted by molar-refractivity contribution is 6.07. The lowest BCUT2D eigenvalue weighted by atomic mass is 9.95. The lowest BCUT2D eigenvalue weighted by Crippen LogP contribution is -2.29. The van der Waals surface area contributed by atoms with Crippen LogP contribution in [0.15, 0.2) is 48.5 Å². The molecule has 0 fully saturated rings. The molecule has 6 nitrogen and oxygen atoms in total. The van der Waals surface area contributed by atoms with Crippen molar-refractivity contribution in [3.63, 3.8) is 0 Å². The molecule has 0 aliphatic heterocycles. The molecule has 3 N–H and O–H groups in total. The first kappa shape index (κ1) is 22.1. The maximum Gasteiger partial charge on any atom is 0.255 e. The normalized spacial score (nSPS) is 11.5. The quantitative estimate of drug-likeness (QED) is 0.687. The summed E-state index contributed by atoms with van der Waals surface area (Å²) in [5.41, 5.74) is 0.658. The molecule has 0 bridgehead atoms. The van der Waals surface area contributed by atoms with Crippen LogP contribution < -0.4 is 16.0 Å². The SMILES string of the molecule is CC(C)(C)C(=O)Nc1cc(NC(=O)C(C)(C)C)cc(C(=O)Nc2ccccc2)c1. The number of hydrogen-bond acceptors (Lipinski definition) is 3. The van der Waals surface area contributed by atoms with Gasteiger partial charge in [-0.15, -0.1) is 0 Å². The Morgan fingerprint density at radius 1 is 0.621 bits per heavy atom. The smallest absolute Gasteiger partial charge is 0.255 e. The average Bonchev–Trinajstić information content (AvgIpc) is 2.60. The Bertz CT molecular complexity index is 861. The van der Waals surface area contributed by atoms with E-state index in [4.69, 9.17) is 0 Å². The van der Waals surface area contributed by atoms with Gasteiger partial charge in [-0.2, -0.15) is 0 Å². The molecule has 2 rings (SSSR count). The number of carbonyl (C=O) groups excluding carboxylic acids is 3. The van der Waals surface area contributed by atoms with Gasteiger partial charge in [0.05, 0.1) is 0 Å². The molecule has 0 aliphatic carbocycles. The molecule has 0 spiro atoms. The molecular weight excluding hydrogens is 366 g/mol. The van der Waals surface area contributed by atoms with Crippen molar-refractivity contribution in [1.82, 2.24) is 0 Å². The van der Waals surface area contributed by atoms with Gasteiger partial charge in [-0.3, -0.25) is 14.4 Å². The largest absolute Gasteiger partial charge is 0.326 e. The van der Waals surface area contributed by atoms with E-state index >= 15 is 0 Å². The van der Waals surface area contributed by atoms with Crippen LogP contribution in [0, 0.1) is 10.8 Å². The average molecular weight is 396 g/mol. The molecule has 0 radical (unpaired) electrons. The standard InChI is InChI=1S/C23H29N3O3/c1-22(2,3)20(28)25-17-12-15(19(27)24-16-10-8-7-9-11-16)13-18(14-17)26-21(29)23(4,5)6/h7-14H,1-6H3,(H,24,27)(H,25,28)(H,26,29). The minimum atomic E-state index is -0.600. The molecule has 0 aliphatic rings. The Morgan fingerprint density at radius 3 is 1.48 bits per heavy atom. The molecule has 6 heteroatoms. The molecule has 0 atom stereocenters. The Kier molecular flexibility index (Phi) is 6.47. The van der Waals surface area contributed by atoms with E-state index in [0.717, 1.165) is 0 Å². The zero-order chi connectivity index (χ0) is 21.8. The van der Waals surface area contributed by atoms with Gasteiger partial charge >= 0.3 is 0 Å². The Morgan fingerprint density at radius 2 is 1.07 bits per heavy atom. The second-order valence-corrected chi connectivity index (χ2v) is 9.03. The maximum absolute atomic E-state index is 12.7. The van der Waals surface area contributed by atoms with Crippen molar-refractivity contribution in [2.45, 2.75) is 41.5 Å². The Balaban J connectivity index is 2.36. The maximum atomic E-state index is 12.7. The molecule has 2 aromatic rings. The lowest BCUT2D eigenvalue weighted by Gasteiger charge is -2.20. The van der Waals surface area contributed by atoms with Crippen molar-refractivity contribution < 1.29 is 14.4 Å². The molecule has 2 aromatic carbocycles. The topological polar surface area (TPSA) is 87.3 Å². The monoisotopic (exact) mass is 395 g/mol. The third-order valence-electron chi connectivity index (χ3n) is 4.10. The van der Waals surface area contributed by atoms with Crippen LogP contribution in [0.5, 0.6) is 0 Å². The Hall–Kier alpha value is -3.15. The zero-order valence-corrected chi connectivity index (χ0v) is 17.8. The summed E-state index contributed by atoms with van der Waals surface area (Å²) < 4.78 is 0. The van der Waals surface area contributed by atoms with Crippen LogP contribution in [-0.2, 0) is 9.59 Å². The number of carbonyl (C=O) groups is 3. The van der Waals surface area contributed by atoms with E-state index < -0.39 is 10.8 Å². The van der Waals surface area contributed by atoms with Crippen LogP contribution in [-0.4, -0.2) is 17.7 Å². The second kappa shape index (κ2) is 8.47. The van der Waals surface area contributed by atoms with E-state index in [1.165, 1.54) is 0 Å². The third kappa shape index (κ3) is 6.45. The summed E-state index contributed by atoms with van der Waals surface area (Å²) in [6, 6.07) is 13.9. The molecule has 3 amide bonds. The predicted octanol–water partition coefficient (Wildman–Crippen LogP) is 4.91. The van der Waals surface area contributed by atoms with Gasteiger partial charge in [-0.25, -0.2) is 0 Å². The van der Waals surface area contributed by atoms with Gasteiger partial charge in [0.15, 0.2) is 0 Å². The molecule has 0 unspecified atom stereocenters. The van der Waals surface area contributed by atoms with Crippen LogP contribution in [0.2, 0.25) is 0 Å². The van der Waals surface area contributed by atoms with Gasteiger partial charge in [0.1, 0.15) is 0 Å². The van der Waals surface area contributed by atoms with E-state index in [0.29, 0.717) is 22.6 Å². The fourth-order valence-corrected chi connectivity index (χ4v) is 2.26. The van der Waals surface area contributed by atoms with Crippen LogP contribution in [0.4, 0.5) is 17.1 Å². The van der Waals surface area contributed by atoms with Gasteiger partial charge in [0, 0.05) is 33.5 Å². The summed E-state index contributed by atoms with van der Waals surface area (Å²) in [6.07, 6.45) is 0. The summed E-state index contributed by atoms with van der Waals surface area (Å²) in [7, 11) is 0. The van der Waals surface area contributed by atoms with Crippen molar-refractivity contribution >= 4 is 34.8 Å². The molecule has 0 aromatic heterocycles. The second-order valence-electron chi connectivity index (χ2n) is 9.03. The summed E-state index contributed by atoms with van der Waals surface area (Å²) in [4.78, 5) is 37.5. The highest BCUT2D eigenvalue weighted by Crippen LogP contribution is 2.25. The fraction of sp³-hybridized carbons (Fsp3) is 0.348. The van der Waals surface area contributed by atoms with E-state index in [9.17, 15) is 14.4 Å². The number of anilines is 3. The fourth-order valence-electron chi connectivity index (χ4n) is 2.26. The number of rotatable bonds is 4. The zero-order valence-electron chi connectivity index (χ0n) is 17.8. The summed E-state index contributed by atoms with van der Waals surface area (Å²) in [5, 5.41) is 8.46. The van der Waals surface area contributed by atoms with E-state index in [-0.39, 0.29) is 17.7 Å². The van der Waals surface area contributed by atoms with E-state index in [1.807, 2.05) is 18.2 Å². The van der Waals surface area contributed by atoms with Crippen LogP contribution >= 0.6 is 0 Å². The van der Waals surface area contributed by atoms with Gasteiger partial charge in [0.25, 0.3) is 5.91 Å². The van der Waals surface area contributed by atoms with Crippen molar-refractivity contribution in [3.05, 3.63) is 54.1 Å². The summed E-state index contributed by atoms with van der Waals surface area (Å²) in [6.45, 7) is 10.8. The predicted molar refractivity (Wildman–Crippen MR) is 117 cm³/mol. The first-order chi connectivity index (χ1) is 13.4. The van der Waals surface area contributed by atoms with E-state index in [1.54, 1.807) is 71.9 Å². The van der Waals surface area contributed by atoms with Crippen molar-refractivity contribution in [2.24, 2.45) is 10.8 Å². The number of amides is 3. The molecular formula is C23H29N3O3. The number of benzene rings is 2. The first-order valence-corrected chi connectivity index (χ1v) is 9.51. The molecule has 0 heterocycles. The highest BCUT2D eigenvalue weighted by Gasteiger charge is 2.24. The van der Waals surface area contributed by atoms with Crippen LogP contribution in [0.3, 0.4) is 0 Å². The third-order valence-corrected chi connectivity index (χ3v) is 4.10. The van der Waals surface area contributed by atoms with Gasteiger partial charge in [0.2, 0.25) is 11.8 Å². The summed E-state index contributed by atoms with van der Waals surface area (Å²) in [5.74, 6) is -0.716. The molecule has 0 saturated heterocycles. The van der Waals surface area contributed by atoms with Crippen molar-refractivity contribution in [2.75, 3.05) is 16.0 Å². The minimum absolute atomic E-state index is 0.189.